The van der Waals surface area contributed by atoms with Crippen LogP contribution in [0.5, 0.6) is 0 Å². The van der Waals surface area contributed by atoms with Crippen molar-refractivity contribution in [3.8, 4) is 0 Å². The van der Waals surface area contributed by atoms with Crippen molar-refractivity contribution >= 4 is 22.9 Å². The Balaban J connectivity index is 1.96. The minimum atomic E-state index is -0.555. The molecule has 4 N–H and O–H groups in total. The molecule has 11 heteroatoms. The van der Waals surface area contributed by atoms with Crippen LogP contribution < -0.4 is 11.1 Å². The molecule has 1 fully saturated rings. The van der Waals surface area contributed by atoms with Crippen molar-refractivity contribution in [1.29, 1.82) is 0 Å². The number of nitrogens with two attached hydrogens (primary N) is 1. The van der Waals surface area contributed by atoms with Crippen LogP contribution in [0.2, 0.25) is 0 Å². The third-order valence-electron chi connectivity index (χ3n) is 3.88. The van der Waals surface area contributed by atoms with Gasteiger partial charge >= 0.3 is 0 Å². The standard InChI is InChI=1S/C13H19N9O2/c1-2-3-16-11-10-12(19-13(14)18-11)22(6-17-10)9-4-7(20-21-15)8(5-23)24-9/h6-9,23H,2-5H2,1H3,(H3,14,16,18,19)/t7?,8?,9-/m1/s1. The van der Waals surface area contributed by atoms with Gasteiger partial charge in [-0.05, 0) is 12.0 Å². The minimum Gasteiger partial charge on any atom is -0.394 e. The molecule has 1 saturated heterocycles. The van der Waals surface area contributed by atoms with E-state index >= 15 is 0 Å². The maximum atomic E-state index is 9.39. The molecule has 0 aromatic carbocycles. The van der Waals surface area contributed by atoms with Gasteiger partial charge in [-0.2, -0.15) is 9.97 Å². The Bertz CT molecular complexity index is 770. The quantitative estimate of drug-likeness (QED) is 0.406. The molecule has 0 aliphatic carbocycles. The molecule has 0 radical (unpaired) electrons. The van der Waals surface area contributed by atoms with E-state index in [4.69, 9.17) is 16.0 Å². The van der Waals surface area contributed by atoms with Crippen LogP contribution in [0.4, 0.5) is 11.8 Å². The van der Waals surface area contributed by atoms with Gasteiger partial charge in [0.05, 0.1) is 25.1 Å². The number of nitrogens with zero attached hydrogens (tertiary/aromatic N) is 7. The fraction of sp³-hybridized carbons (Fsp3) is 0.615. The van der Waals surface area contributed by atoms with Gasteiger partial charge in [0.15, 0.2) is 17.0 Å². The first-order chi connectivity index (χ1) is 11.7. The zero-order chi connectivity index (χ0) is 17.1. The van der Waals surface area contributed by atoms with Crippen molar-refractivity contribution in [2.24, 2.45) is 5.11 Å². The Labute approximate surface area is 137 Å². The van der Waals surface area contributed by atoms with Crippen LogP contribution in [0.15, 0.2) is 11.4 Å². The van der Waals surface area contributed by atoms with Gasteiger partial charge in [-0.1, -0.05) is 12.0 Å². The first-order valence-corrected chi connectivity index (χ1v) is 7.72. The summed E-state index contributed by atoms with van der Waals surface area (Å²) in [6.07, 6.45) is 1.94. The normalized spacial score (nSPS) is 23.3. The van der Waals surface area contributed by atoms with Gasteiger partial charge in [-0.25, -0.2) is 4.98 Å². The molecular weight excluding hydrogens is 314 g/mol. The maximum Gasteiger partial charge on any atom is 0.224 e. The number of ether oxygens (including phenoxy) is 1. The molecule has 2 unspecified atom stereocenters. The van der Waals surface area contributed by atoms with Gasteiger partial charge in [0.1, 0.15) is 6.23 Å². The molecule has 3 atom stereocenters. The molecule has 1 aliphatic heterocycles. The van der Waals surface area contributed by atoms with Crippen molar-refractivity contribution in [2.75, 3.05) is 24.2 Å². The van der Waals surface area contributed by atoms with Gasteiger partial charge in [-0.15, -0.1) is 0 Å². The number of aliphatic hydroxyl groups excluding tert-OH is 1. The number of fused-ring (bicyclic) bond motifs is 1. The lowest BCUT2D eigenvalue weighted by molar-refractivity contribution is -0.0232. The van der Waals surface area contributed by atoms with Gasteiger partial charge in [0.2, 0.25) is 5.95 Å². The molecule has 0 bridgehead atoms. The van der Waals surface area contributed by atoms with Crippen LogP contribution in [-0.4, -0.2) is 49.9 Å². The van der Waals surface area contributed by atoms with Gasteiger partial charge in [-0.3, -0.25) is 4.57 Å². The Hall–Kier alpha value is -2.62. The molecule has 1 aliphatic rings. The van der Waals surface area contributed by atoms with Gasteiger partial charge in [0.25, 0.3) is 0 Å². The molecule has 0 saturated carbocycles. The van der Waals surface area contributed by atoms with Crippen molar-refractivity contribution < 1.29 is 9.84 Å². The highest BCUT2D eigenvalue weighted by Crippen LogP contribution is 2.33. The van der Waals surface area contributed by atoms with Crippen LogP contribution in [-0.2, 0) is 4.74 Å². The third kappa shape index (κ3) is 2.92. The van der Waals surface area contributed by atoms with Crippen LogP contribution in [0.1, 0.15) is 26.0 Å². The fourth-order valence-corrected chi connectivity index (χ4v) is 2.75. The zero-order valence-electron chi connectivity index (χ0n) is 13.2. The number of nitrogen functional groups attached to an aromatic ring is 1. The number of rotatable bonds is 6. The van der Waals surface area contributed by atoms with Crippen LogP contribution in [0.25, 0.3) is 21.6 Å². The van der Waals surface area contributed by atoms with E-state index in [0.717, 1.165) is 13.0 Å². The minimum absolute atomic E-state index is 0.131. The van der Waals surface area contributed by atoms with Crippen molar-refractivity contribution in [1.82, 2.24) is 19.5 Å². The summed E-state index contributed by atoms with van der Waals surface area (Å²) in [6.45, 7) is 2.56. The number of nitrogens with one attached hydrogen (secondary N) is 1. The summed E-state index contributed by atoms with van der Waals surface area (Å²) in [7, 11) is 0. The lowest BCUT2D eigenvalue weighted by Crippen LogP contribution is -2.22. The van der Waals surface area contributed by atoms with Crippen LogP contribution >= 0.6 is 0 Å². The summed E-state index contributed by atoms with van der Waals surface area (Å²) in [6, 6.07) is -0.445. The summed E-state index contributed by atoms with van der Waals surface area (Å²) >= 11 is 0. The van der Waals surface area contributed by atoms with E-state index in [-0.39, 0.29) is 12.6 Å². The second kappa shape index (κ2) is 6.87. The SMILES string of the molecule is CCCNc1nc(N)nc2c1ncn2[C@H]1CC(N=[N+]=[N-])C(CO)O1. The summed E-state index contributed by atoms with van der Waals surface area (Å²) in [5, 5.41) is 16.2. The highest BCUT2D eigenvalue weighted by atomic mass is 16.5. The predicted octanol–water partition coefficient (Wildman–Crippen LogP) is 1.19. The molecule has 128 valence electrons. The molecular formula is C13H19N9O2. The molecule has 11 nitrogen and oxygen atoms in total. The number of anilines is 2. The highest BCUT2D eigenvalue weighted by molar-refractivity contribution is 5.84. The van der Waals surface area contributed by atoms with Crippen LogP contribution in [0, 0.1) is 0 Å². The molecule has 3 heterocycles. The van der Waals surface area contributed by atoms with Crippen molar-refractivity contribution in [2.45, 2.75) is 38.1 Å². The second-order valence-corrected chi connectivity index (χ2v) is 5.50. The number of aromatic nitrogens is 4. The van der Waals surface area contributed by atoms with Gasteiger partial charge < -0.3 is 20.9 Å². The summed E-state index contributed by atoms with van der Waals surface area (Å²) < 4.78 is 7.50. The Morgan fingerprint density at radius 2 is 2.42 bits per heavy atom. The van der Waals surface area contributed by atoms with E-state index in [1.165, 1.54) is 0 Å². The number of hydrogen-bond acceptors (Lipinski definition) is 8. The highest BCUT2D eigenvalue weighted by Gasteiger charge is 2.36. The Morgan fingerprint density at radius 1 is 1.58 bits per heavy atom. The lowest BCUT2D eigenvalue weighted by atomic mass is 10.1. The monoisotopic (exact) mass is 333 g/mol. The molecule has 0 spiro atoms. The lowest BCUT2D eigenvalue weighted by Gasteiger charge is -2.14. The first kappa shape index (κ1) is 16.2. The number of azide groups is 1. The van der Waals surface area contributed by atoms with E-state index < -0.39 is 18.4 Å². The summed E-state index contributed by atoms with van der Waals surface area (Å²) in [5.41, 5.74) is 15.6. The average Bonchev–Trinajstić information content (AvgIpc) is 3.16. The van der Waals surface area contributed by atoms with E-state index in [0.29, 0.717) is 23.4 Å². The third-order valence-corrected chi connectivity index (χ3v) is 3.88. The van der Waals surface area contributed by atoms with Crippen LogP contribution in [0.3, 0.4) is 0 Å². The van der Waals surface area contributed by atoms with E-state index in [2.05, 4.69) is 30.3 Å². The van der Waals surface area contributed by atoms with Crippen molar-refractivity contribution in [3.63, 3.8) is 0 Å². The summed E-state index contributed by atoms with van der Waals surface area (Å²) in [4.78, 5) is 15.6. The average molecular weight is 333 g/mol. The fourth-order valence-electron chi connectivity index (χ4n) is 2.75. The Morgan fingerprint density at radius 3 is 3.12 bits per heavy atom. The van der Waals surface area contributed by atoms with Crippen molar-refractivity contribution in [3.05, 3.63) is 16.8 Å². The molecule has 2 aromatic rings. The van der Waals surface area contributed by atoms with Gasteiger partial charge in [0, 0.05) is 17.9 Å². The molecule has 24 heavy (non-hydrogen) atoms. The first-order valence-electron chi connectivity index (χ1n) is 7.72. The molecule has 3 rings (SSSR count). The number of aliphatic hydroxyl groups is 1. The topological polar surface area (TPSA) is 160 Å². The maximum absolute atomic E-state index is 9.39. The van der Waals surface area contributed by atoms with E-state index in [9.17, 15) is 5.11 Å². The molecule has 0 amide bonds. The number of imidazole rings is 1. The largest absolute Gasteiger partial charge is 0.394 e. The second-order valence-electron chi connectivity index (χ2n) is 5.50. The van der Waals surface area contributed by atoms with E-state index in [1.54, 1.807) is 10.9 Å². The Kier molecular flexibility index (Phi) is 4.65. The summed E-state index contributed by atoms with van der Waals surface area (Å²) in [5.74, 6) is 0.701. The zero-order valence-corrected chi connectivity index (χ0v) is 13.2. The molecule has 2 aromatic heterocycles. The smallest absolute Gasteiger partial charge is 0.224 e. The number of hydrogen-bond donors (Lipinski definition) is 3. The predicted molar refractivity (Wildman–Crippen MR) is 87.1 cm³/mol. The van der Waals surface area contributed by atoms with E-state index in [1.807, 2.05) is 6.92 Å².